The Morgan fingerprint density at radius 3 is 2.82 bits per heavy atom. The highest BCUT2D eigenvalue weighted by Gasteiger charge is 2.41. The first-order valence-corrected chi connectivity index (χ1v) is 5.42. The van der Waals surface area contributed by atoms with E-state index in [1.165, 1.54) is 4.90 Å². The molecule has 0 aromatic rings. The number of carbonyl (C=O) groups is 1. The Morgan fingerprint density at radius 1 is 1.53 bits per heavy atom. The highest BCUT2D eigenvalue weighted by Crippen LogP contribution is 2.32. The van der Waals surface area contributed by atoms with Crippen LogP contribution in [0.25, 0.3) is 0 Å². The number of amides is 1. The minimum atomic E-state index is -4.17. The standard InChI is InChI=1S/C11H15F3N2O/c1-2-5-15-10(17)8-16-6-3-4-9(7-16)11(12,13)14/h1,9H,3-8H2,(H,15,17)/t9-/m1/s1. The Labute approximate surface area is 98.3 Å². The van der Waals surface area contributed by atoms with Crippen LogP contribution in [0.2, 0.25) is 0 Å². The molecule has 1 saturated heterocycles. The predicted octanol–water partition coefficient (Wildman–Crippen LogP) is 1.01. The zero-order chi connectivity index (χ0) is 12.9. The van der Waals surface area contributed by atoms with Crippen molar-refractivity contribution in [1.29, 1.82) is 0 Å². The first-order chi connectivity index (χ1) is 7.93. The van der Waals surface area contributed by atoms with Gasteiger partial charge in [-0.3, -0.25) is 9.69 Å². The van der Waals surface area contributed by atoms with Crippen LogP contribution in [-0.4, -0.2) is 43.2 Å². The molecule has 1 aliphatic heterocycles. The Morgan fingerprint density at radius 2 is 2.24 bits per heavy atom. The average molecular weight is 248 g/mol. The Hall–Kier alpha value is -1.22. The van der Waals surface area contributed by atoms with E-state index < -0.39 is 12.1 Å². The van der Waals surface area contributed by atoms with E-state index in [-0.39, 0.29) is 32.0 Å². The normalized spacial score (nSPS) is 21.9. The summed E-state index contributed by atoms with van der Waals surface area (Å²) in [6, 6.07) is 0. The van der Waals surface area contributed by atoms with Gasteiger partial charge in [0.2, 0.25) is 5.91 Å². The van der Waals surface area contributed by atoms with Gasteiger partial charge in [0.05, 0.1) is 19.0 Å². The zero-order valence-electron chi connectivity index (χ0n) is 9.39. The maximum Gasteiger partial charge on any atom is 0.393 e. The molecule has 1 rings (SSSR count). The van der Waals surface area contributed by atoms with Crippen molar-refractivity contribution >= 4 is 5.91 Å². The molecule has 0 aromatic carbocycles. The van der Waals surface area contributed by atoms with Gasteiger partial charge in [-0.1, -0.05) is 5.92 Å². The molecule has 1 aliphatic rings. The molecule has 0 bridgehead atoms. The monoisotopic (exact) mass is 248 g/mol. The summed E-state index contributed by atoms with van der Waals surface area (Å²) in [7, 11) is 0. The molecule has 1 N–H and O–H groups in total. The highest BCUT2D eigenvalue weighted by molar-refractivity contribution is 5.78. The summed E-state index contributed by atoms with van der Waals surface area (Å²) in [6.45, 7) is 0.507. The molecule has 96 valence electrons. The van der Waals surface area contributed by atoms with Gasteiger partial charge in [0.1, 0.15) is 0 Å². The molecule has 17 heavy (non-hydrogen) atoms. The van der Waals surface area contributed by atoms with E-state index in [2.05, 4.69) is 11.2 Å². The van der Waals surface area contributed by atoms with Crippen molar-refractivity contribution in [2.24, 2.45) is 5.92 Å². The van der Waals surface area contributed by atoms with Gasteiger partial charge in [0.15, 0.2) is 0 Å². The number of terminal acetylenes is 1. The van der Waals surface area contributed by atoms with E-state index in [0.29, 0.717) is 13.0 Å². The minimum Gasteiger partial charge on any atom is -0.344 e. The van der Waals surface area contributed by atoms with Crippen molar-refractivity contribution < 1.29 is 18.0 Å². The molecule has 0 aromatic heterocycles. The van der Waals surface area contributed by atoms with Gasteiger partial charge in [-0.25, -0.2) is 0 Å². The third-order valence-electron chi connectivity index (χ3n) is 2.72. The molecule has 0 unspecified atom stereocenters. The van der Waals surface area contributed by atoms with E-state index in [1.807, 2.05) is 0 Å². The topological polar surface area (TPSA) is 32.3 Å². The SMILES string of the molecule is C#CCNC(=O)CN1CCC[C@@H](C(F)(F)F)C1. The van der Waals surface area contributed by atoms with Crippen molar-refractivity contribution in [1.82, 2.24) is 10.2 Å². The molecule has 1 heterocycles. The molecule has 1 atom stereocenters. The van der Waals surface area contributed by atoms with Crippen LogP contribution in [0, 0.1) is 18.3 Å². The van der Waals surface area contributed by atoms with Crippen molar-refractivity contribution in [3.63, 3.8) is 0 Å². The Balaban J connectivity index is 2.40. The van der Waals surface area contributed by atoms with Crippen molar-refractivity contribution in [2.75, 3.05) is 26.2 Å². The molecule has 1 amide bonds. The number of carbonyl (C=O) groups excluding carboxylic acids is 1. The fraction of sp³-hybridized carbons (Fsp3) is 0.727. The lowest BCUT2D eigenvalue weighted by atomic mass is 9.97. The lowest BCUT2D eigenvalue weighted by Crippen LogP contribution is -2.46. The summed E-state index contributed by atoms with van der Waals surface area (Å²) in [4.78, 5) is 12.8. The molecule has 0 radical (unpaired) electrons. The molecule has 0 saturated carbocycles. The van der Waals surface area contributed by atoms with Gasteiger partial charge < -0.3 is 5.32 Å². The van der Waals surface area contributed by atoms with Crippen molar-refractivity contribution in [3.05, 3.63) is 0 Å². The molecule has 6 heteroatoms. The van der Waals surface area contributed by atoms with Crippen LogP contribution in [-0.2, 0) is 4.79 Å². The zero-order valence-corrected chi connectivity index (χ0v) is 9.39. The van der Waals surface area contributed by atoms with Crippen LogP contribution in [0.1, 0.15) is 12.8 Å². The summed E-state index contributed by atoms with van der Waals surface area (Å²) >= 11 is 0. The van der Waals surface area contributed by atoms with Crippen LogP contribution in [0.5, 0.6) is 0 Å². The summed E-state index contributed by atoms with van der Waals surface area (Å²) in [6.07, 6.45) is 1.40. The lowest BCUT2D eigenvalue weighted by molar-refractivity contribution is -0.187. The van der Waals surface area contributed by atoms with Gasteiger partial charge in [-0.15, -0.1) is 6.42 Å². The first-order valence-electron chi connectivity index (χ1n) is 5.42. The quantitative estimate of drug-likeness (QED) is 0.756. The maximum atomic E-state index is 12.5. The molecule has 1 fully saturated rings. The number of piperidine rings is 1. The molecule has 0 spiro atoms. The van der Waals surface area contributed by atoms with Crippen molar-refractivity contribution in [2.45, 2.75) is 19.0 Å². The number of hydrogen-bond donors (Lipinski definition) is 1. The van der Waals surface area contributed by atoms with E-state index in [4.69, 9.17) is 6.42 Å². The van der Waals surface area contributed by atoms with Crippen LogP contribution in [0.3, 0.4) is 0 Å². The summed E-state index contributed by atoms with van der Waals surface area (Å²) < 4.78 is 37.5. The summed E-state index contributed by atoms with van der Waals surface area (Å²) in [5.41, 5.74) is 0. The minimum absolute atomic E-state index is 0.0196. The largest absolute Gasteiger partial charge is 0.393 e. The number of rotatable bonds is 3. The molecular formula is C11H15F3N2O. The maximum absolute atomic E-state index is 12.5. The molecule has 3 nitrogen and oxygen atoms in total. The second-order valence-electron chi connectivity index (χ2n) is 4.10. The Bertz CT molecular complexity index is 309. The van der Waals surface area contributed by atoms with Gasteiger partial charge in [-0.2, -0.15) is 13.2 Å². The number of alkyl halides is 3. The van der Waals surface area contributed by atoms with E-state index >= 15 is 0 Å². The number of likely N-dealkylation sites (tertiary alicyclic amines) is 1. The van der Waals surface area contributed by atoms with Gasteiger partial charge in [-0.05, 0) is 19.4 Å². The van der Waals surface area contributed by atoms with Gasteiger partial charge >= 0.3 is 6.18 Å². The number of nitrogens with zero attached hydrogens (tertiary/aromatic N) is 1. The third-order valence-corrected chi connectivity index (χ3v) is 2.72. The average Bonchev–Trinajstić information content (AvgIpc) is 2.25. The molecule has 0 aliphatic carbocycles. The summed E-state index contributed by atoms with van der Waals surface area (Å²) in [5.74, 6) is 0.588. The van der Waals surface area contributed by atoms with E-state index in [0.717, 1.165) is 0 Å². The fourth-order valence-corrected chi connectivity index (χ4v) is 1.87. The highest BCUT2D eigenvalue weighted by atomic mass is 19.4. The smallest absolute Gasteiger partial charge is 0.344 e. The number of nitrogens with one attached hydrogen (secondary N) is 1. The second-order valence-corrected chi connectivity index (χ2v) is 4.10. The van der Waals surface area contributed by atoms with E-state index in [9.17, 15) is 18.0 Å². The third kappa shape index (κ3) is 4.65. The number of hydrogen-bond acceptors (Lipinski definition) is 2. The van der Waals surface area contributed by atoms with Gasteiger partial charge in [0.25, 0.3) is 0 Å². The fourth-order valence-electron chi connectivity index (χ4n) is 1.87. The second kappa shape index (κ2) is 5.92. The number of halogens is 3. The van der Waals surface area contributed by atoms with Crippen LogP contribution in [0.15, 0.2) is 0 Å². The van der Waals surface area contributed by atoms with Crippen LogP contribution < -0.4 is 5.32 Å². The first kappa shape index (κ1) is 13.8. The van der Waals surface area contributed by atoms with Gasteiger partial charge in [0, 0.05) is 6.54 Å². The molecular weight excluding hydrogens is 233 g/mol. The van der Waals surface area contributed by atoms with Crippen molar-refractivity contribution in [3.8, 4) is 12.3 Å². The Kier molecular flexibility index (Phi) is 4.82. The van der Waals surface area contributed by atoms with E-state index in [1.54, 1.807) is 0 Å². The van der Waals surface area contributed by atoms with Crippen LogP contribution >= 0.6 is 0 Å². The summed E-state index contributed by atoms with van der Waals surface area (Å²) in [5, 5.41) is 2.44. The predicted molar refractivity (Wildman–Crippen MR) is 57.1 cm³/mol. The van der Waals surface area contributed by atoms with Crippen LogP contribution in [0.4, 0.5) is 13.2 Å². The lowest BCUT2D eigenvalue weighted by Gasteiger charge is -2.33.